The molecule has 0 fully saturated rings. The smallest absolute Gasteiger partial charge is 0.427 e. The Morgan fingerprint density at radius 2 is 1.74 bits per heavy atom. The minimum absolute atomic E-state index is 0.137. The fourth-order valence-electron chi connectivity index (χ4n) is 1.72. The van der Waals surface area contributed by atoms with E-state index in [0.29, 0.717) is 16.8 Å². The molecule has 0 amide bonds. The number of benzene rings is 2. The average molecular weight is 290 g/mol. The van der Waals surface area contributed by atoms with Crippen molar-refractivity contribution in [3.05, 3.63) is 59.4 Å². The van der Waals surface area contributed by atoms with Crippen LogP contribution in [-0.2, 0) is 4.57 Å². The molecule has 0 bridgehead atoms. The standard InChI is InChI=1S/C13H9NO3PS/c15-18(17-10-6-2-1-3-7-10)14-11-8-4-5-9-12(11)16-13(14)19/h1-9H/q+1. The molecule has 2 aromatic carbocycles. The summed E-state index contributed by atoms with van der Waals surface area (Å²) in [6.45, 7) is 0. The fraction of sp³-hybridized carbons (Fsp3) is 0. The van der Waals surface area contributed by atoms with Gasteiger partial charge in [-0.2, -0.15) is 0 Å². The molecule has 0 saturated carbocycles. The van der Waals surface area contributed by atoms with E-state index in [-0.39, 0.29) is 4.84 Å². The van der Waals surface area contributed by atoms with Crippen molar-refractivity contribution in [1.82, 2.24) is 4.34 Å². The summed E-state index contributed by atoms with van der Waals surface area (Å²) in [5, 5.41) is 0. The second-order valence-electron chi connectivity index (χ2n) is 3.79. The molecule has 3 rings (SSSR count). The van der Waals surface area contributed by atoms with Crippen molar-refractivity contribution in [3.8, 4) is 5.75 Å². The van der Waals surface area contributed by atoms with Crippen molar-refractivity contribution in [3.63, 3.8) is 0 Å². The van der Waals surface area contributed by atoms with Gasteiger partial charge < -0.3 is 4.42 Å². The van der Waals surface area contributed by atoms with Gasteiger partial charge in [0.25, 0.3) is 0 Å². The molecule has 0 aliphatic heterocycles. The molecule has 0 radical (unpaired) electrons. The molecular formula is C13H9NO3PS+. The van der Waals surface area contributed by atoms with Gasteiger partial charge in [-0.1, -0.05) is 30.3 Å². The van der Waals surface area contributed by atoms with Crippen LogP contribution in [0.1, 0.15) is 0 Å². The number of rotatable bonds is 3. The third-order valence-corrected chi connectivity index (χ3v) is 4.05. The zero-order valence-electron chi connectivity index (χ0n) is 9.72. The van der Waals surface area contributed by atoms with E-state index in [1.165, 1.54) is 4.34 Å². The Hall–Kier alpha value is -1.97. The Balaban J connectivity index is 2.03. The molecule has 1 aromatic heterocycles. The highest BCUT2D eigenvalue weighted by atomic mass is 32.1. The molecule has 0 N–H and O–H groups in total. The minimum atomic E-state index is -2.17. The van der Waals surface area contributed by atoms with Crippen LogP contribution in [0.2, 0.25) is 0 Å². The summed E-state index contributed by atoms with van der Waals surface area (Å²) in [4.78, 5) is 0.137. The lowest BCUT2D eigenvalue weighted by Crippen LogP contribution is -1.91. The van der Waals surface area contributed by atoms with Gasteiger partial charge in [0.05, 0.1) is 0 Å². The van der Waals surface area contributed by atoms with Gasteiger partial charge in [0.15, 0.2) is 11.3 Å². The maximum atomic E-state index is 12.3. The molecule has 6 heteroatoms. The summed E-state index contributed by atoms with van der Waals surface area (Å²) in [5.41, 5.74) is 1.25. The van der Waals surface area contributed by atoms with Crippen molar-refractivity contribution < 1.29 is 13.5 Å². The number of hydrogen-bond donors (Lipinski definition) is 0. The summed E-state index contributed by atoms with van der Waals surface area (Å²) in [6.07, 6.45) is 0. The van der Waals surface area contributed by atoms with Crippen LogP contribution in [-0.4, -0.2) is 4.34 Å². The number of oxazole rings is 1. The van der Waals surface area contributed by atoms with E-state index >= 15 is 0 Å². The van der Waals surface area contributed by atoms with E-state index in [9.17, 15) is 4.57 Å². The third kappa shape index (κ3) is 2.30. The van der Waals surface area contributed by atoms with E-state index in [1.54, 1.807) is 24.3 Å². The summed E-state index contributed by atoms with van der Waals surface area (Å²) in [6, 6.07) is 16.2. The SMILES string of the molecule is O=[P+](Oc1ccccc1)n1c(=S)oc2ccccc21. The second-order valence-corrected chi connectivity index (χ2v) is 5.20. The monoisotopic (exact) mass is 290 g/mol. The van der Waals surface area contributed by atoms with Crippen LogP contribution in [0.5, 0.6) is 5.75 Å². The lowest BCUT2D eigenvalue weighted by molar-refractivity contribution is 0.489. The highest BCUT2D eigenvalue weighted by Gasteiger charge is 2.28. The molecule has 0 aliphatic rings. The van der Waals surface area contributed by atoms with Gasteiger partial charge in [0.1, 0.15) is 5.52 Å². The molecule has 94 valence electrons. The first kappa shape index (κ1) is 12.1. The normalized spacial score (nSPS) is 11.5. The molecule has 19 heavy (non-hydrogen) atoms. The molecule has 0 spiro atoms. The van der Waals surface area contributed by atoms with E-state index in [0.717, 1.165) is 0 Å². The van der Waals surface area contributed by atoms with Gasteiger partial charge >= 0.3 is 13.0 Å². The van der Waals surface area contributed by atoms with E-state index < -0.39 is 8.18 Å². The first-order chi connectivity index (χ1) is 9.25. The van der Waals surface area contributed by atoms with Gasteiger partial charge in [0.2, 0.25) is 0 Å². The maximum absolute atomic E-state index is 12.3. The Labute approximate surface area is 115 Å². The number of fused-ring (bicyclic) bond motifs is 1. The zero-order chi connectivity index (χ0) is 13.2. The van der Waals surface area contributed by atoms with Crippen molar-refractivity contribution in [1.29, 1.82) is 0 Å². The summed E-state index contributed by atoms with van der Waals surface area (Å²) in [7, 11) is -2.17. The van der Waals surface area contributed by atoms with Gasteiger partial charge in [0, 0.05) is 4.57 Å². The molecule has 1 atom stereocenters. The first-order valence-electron chi connectivity index (χ1n) is 5.57. The number of aromatic nitrogens is 1. The Kier molecular flexibility index (Phi) is 3.15. The van der Waals surface area contributed by atoms with E-state index in [1.807, 2.05) is 30.3 Å². The molecule has 1 heterocycles. The minimum Gasteiger partial charge on any atom is -0.427 e. The van der Waals surface area contributed by atoms with Gasteiger partial charge in [-0.05, 0) is 40.8 Å². The molecular weight excluding hydrogens is 281 g/mol. The van der Waals surface area contributed by atoms with Crippen molar-refractivity contribution in [2.45, 2.75) is 0 Å². The molecule has 0 saturated heterocycles. The largest absolute Gasteiger partial charge is 0.705 e. The van der Waals surface area contributed by atoms with Crippen LogP contribution in [0, 0.1) is 4.84 Å². The predicted molar refractivity (Wildman–Crippen MR) is 75.1 cm³/mol. The quantitative estimate of drug-likeness (QED) is 0.524. The maximum Gasteiger partial charge on any atom is 0.705 e. The Morgan fingerprint density at radius 1 is 1.05 bits per heavy atom. The molecule has 3 aromatic rings. The van der Waals surface area contributed by atoms with Crippen LogP contribution >= 0.6 is 20.4 Å². The average Bonchev–Trinajstić information content (AvgIpc) is 2.75. The van der Waals surface area contributed by atoms with Crippen molar-refractivity contribution >= 4 is 31.5 Å². The van der Waals surface area contributed by atoms with Crippen LogP contribution in [0.15, 0.2) is 59.0 Å². The predicted octanol–water partition coefficient (Wildman–Crippen LogP) is 4.55. The van der Waals surface area contributed by atoms with Crippen LogP contribution in [0.3, 0.4) is 0 Å². The number of para-hydroxylation sites is 3. The van der Waals surface area contributed by atoms with Gasteiger partial charge in [-0.15, -0.1) is 0 Å². The molecule has 0 aliphatic carbocycles. The summed E-state index contributed by atoms with van der Waals surface area (Å²) in [5.74, 6) is 0.524. The third-order valence-electron chi connectivity index (χ3n) is 2.55. The van der Waals surface area contributed by atoms with Crippen molar-refractivity contribution in [2.75, 3.05) is 0 Å². The lowest BCUT2D eigenvalue weighted by Gasteiger charge is -1.92. The number of hydrogen-bond acceptors (Lipinski definition) is 4. The van der Waals surface area contributed by atoms with E-state index in [2.05, 4.69) is 0 Å². The number of nitrogens with zero attached hydrogens (tertiary/aromatic N) is 1. The van der Waals surface area contributed by atoms with Crippen LogP contribution in [0.25, 0.3) is 11.1 Å². The molecule has 4 nitrogen and oxygen atoms in total. The second kappa shape index (κ2) is 4.96. The van der Waals surface area contributed by atoms with Crippen LogP contribution in [0.4, 0.5) is 0 Å². The Bertz CT molecular complexity index is 794. The van der Waals surface area contributed by atoms with Crippen molar-refractivity contribution in [2.24, 2.45) is 0 Å². The topological polar surface area (TPSA) is 44.4 Å². The summed E-state index contributed by atoms with van der Waals surface area (Å²) < 4.78 is 24.4. The molecule has 1 unspecified atom stereocenters. The van der Waals surface area contributed by atoms with Gasteiger partial charge in [-0.3, -0.25) is 0 Å². The lowest BCUT2D eigenvalue weighted by atomic mass is 10.3. The highest BCUT2D eigenvalue weighted by Crippen LogP contribution is 2.33. The van der Waals surface area contributed by atoms with Gasteiger partial charge in [-0.25, -0.2) is 4.52 Å². The first-order valence-corrected chi connectivity index (χ1v) is 7.11. The Morgan fingerprint density at radius 3 is 2.53 bits per heavy atom. The highest BCUT2D eigenvalue weighted by molar-refractivity contribution is 7.71. The van der Waals surface area contributed by atoms with E-state index in [4.69, 9.17) is 21.2 Å². The fourth-order valence-corrected chi connectivity index (χ4v) is 3.01. The van der Waals surface area contributed by atoms with Crippen LogP contribution < -0.4 is 4.52 Å². The zero-order valence-corrected chi connectivity index (χ0v) is 11.4. The summed E-state index contributed by atoms with van der Waals surface area (Å²) >= 11 is 5.08.